The number of furan rings is 1. The summed E-state index contributed by atoms with van der Waals surface area (Å²) in [5.74, 6) is -9.17. The molecule has 0 unspecified atom stereocenters. The van der Waals surface area contributed by atoms with Crippen LogP contribution in [0, 0.1) is 23.3 Å². The van der Waals surface area contributed by atoms with E-state index >= 15 is 0 Å². The molecule has 3 heterocycles. The second kappa shape index (κ2) is 10.2. The summed E-state index contributed by atoms with van der Waals surface area (Å²) in [6.07, 6.45) is 1.34. The molecular formula is C22H20F4N4O5. The van der Waals surface area contributed by atoms with Gasteiger partial charge in [-0.25, -0.2) is 8.78 Å². The molecule has 1 aliphatic heterocycles. The molecule has 3 aromatic rings. The smallest absolute Gasteiger partial charge is 0.291 e. The van der Waals surface area contributed by atoms with E-state index in [2.05, 4.69) is 10.4 Å². The SMILES string of the molecule is CCn1ncc(NC(=O)c2ccc(COc3c(F)c(F)cc(F)c3F)o2)c1C(=O)N1CCOCC1. The Balaban J connectivity index is 1.47. The molecule has 9 nitrogen and oxygen atoms in total. The van der Waals surface area contributed by atoms with E-state index in [4.69, 9.17) is 13.9 Å². The lowest BCUT2D eigenvalue weighted by molar-refractivity contribution is 0.0295. The third-order valence-electron chi connectivity index (χ3n) is 5.20. The minimum Gasteiger partial charge on any atom is -0.479 e. The number of carbonyl (C=O) groups is 2. The molecule has 186 valence electrons. The van der Waals surface area contributed by atoms with Crippen LogP contribution in [0.3, 0.4) is 0 Å². The summed E-state index contributed by atoms with van der Waals surface area (Å²) in [6.45, 7) is 3.18. The standard InChI is InChI=1S/C22H20F4N4O5/c1-2-30-19(22(32)29-5-7-33-8-6-29)15(10-27-30)28-21(31)16-4-3-12(35-16)11-34-20-17(25)13(23)9-14(24)18(20)26/h3-4,9-10H,2,5-8,11H2,1H3,(H,28,31). The Morgan fingerprint density at radius 2 is 1.80 bits per heavy atom. The predicted octanol–water partition coefficient (Wildman–Crippen LogP) is 3.36. The van der Waals surface area contributed by atoms with Crippen molar-refractivity contribution in [2.24, 2.45) is 0 Å². The number of morpholine rings is 1. The van der Waals surface area contributed by atoms with Crippen LogP contribution in [0.4, 0.5) is 23.2 Å². The normalized spacial score (nSPS) is 13.7. The number of carbonyl (C=O) groups excluding carboxylic acids is 2. The molecule has 1 saturated heterocycles. The first-order valence-corrected chi connectivity index (χ1v) is 10.6. The number of rotatable bonds is 7. The van der Waals surface area contributed by atoms with E-state index in [9.17, 15) is 27.2 Å². The van der Waals surface area contributed by atoms with Crippen molar-refractivity contribution in [3.8, 4) is 5.75 Å². The third kappa shape index (κ3) is 4.99. The minimum atomic E-state index is -1.70. The fourth-order valence-electron chi connectivity index (χ4n) is 3.44. The number of halogens is 4. The Kier molecular flexibility index (Phi) is 7.05. The van der Waals surface area contributed by atoms with E-state index in [1.54, 1.807) is 11.8 Å². The van der Waals surface area contributed by atoms with Crippen molar-refractivity contribution >= 4 is 17.5 Å². The molecule has 0 saturated carbocycles. The van der Waals surface area contributed by atoms with Gasteiger partial charge in [0.2, 0.25) is 11.6 Å². The molecule has 13 heteroatoms. The van der Waals surface area contributed by atoms with Crippen molar-refractivity contribution in [3.05, 3.63) is 64.9 Å². The molecule has 0 atom stereocenters. The molecule has 1 aliphatic rings. The highest BCUT2D eigenvalue weighted by Gasteiger charge is 2.27. The van der Waals surface area contributed by atoms with Gasteiger partial charge in [0.1, 0.15) is 18.1 Å². The van der Waals surface area contributed by atoms with Gasteiger partial charge < -0.3 is 24.1 Å². The van der Waals surface area contributed by atoms with Gasteiger partial charge in [-0.05, 0) is 19.1 Å². The van der Waals surface area contributed by atoms with Crippen LogP contribution >= 0.6 is 0 Å². The summed E-state index contributed by atoms with van der Waals surface area (Å²) in [6, 6.07) is 2.61. The topological polar surface area (TPSA) is 98.8 Å². The number of aromatic nitrogens is 2. The summed E-state index contributed by atoms with van der Waals surface area (Å²) in [7, 11) is 0. The number of hydrogen-bond donors (Lipinski definition) is 1. The molecule has 1 fully saturated rings. The van der Waals surface area contributed by atoms with Crippen LogP contribution in [0.2, 0.25) is 0 Å². The van der Waals surface area contributed by atoms with Crippen LogP contribution in [0.1, 0.15) is 33.7 Å². The number of hydrogen-bond acceptors (Lipinski definition) is 6. The number of benzene rings is 1. The Morgan fingerprint density at radius 3 is 2.46 bits per heavy atom. The van der Waals surface area contributed by atoms with E-state index in [0.29, 0.717) is 32.8 Å². The number of aryl methyl sites for hydroxylation is 1. The van der Waals surface area contributed by atoms with Gasteiger partial charge in [-0.2, -0.15) is 13.9 Å². The second-order valence-electron chi connectivity index (χ2n) is 7.43. The zero-order chi connectivity index (χ0) is 25.1. The number of amides is 2. The van der Waals surface area contributed by atoms with Gasteiger partial charge in [-0.15, -0.1) is 0 Å². The van der Waals surface area contributed by atoms with Crippen molar-refractivity contribution < 1.29 is 41.0 Å². The molecule has 2 aromatic heterocycles. The predicted molar refractivity (Wildman–Crippen MR) is 112 cm³/mol. The first-order valence-electron chi connectivity index (χ1n) is 10.6. The lowest BCUT2D eigenvalue weighted by Gasteiger charge is -2.27. The molecule has 0 bridgehead atoms. The highest BCUT2D eigenvalue weighted by atomic mass is 19.2. The lowest BCUT2D eigenvalue weighted by atomic mass is 10.2. The number of nitrogens with one attached hydrogen (secondary N) is 1. The van der Waals surface area contributed by atoms with Crippen LogP contribution < -0.4 is 10.1 Å². The van der Waals surface area contributed by atoms with Crippen LogP contribution in [-0.2, 0) is 17.9 Å². The molecule has 0 aliphatic carbocycles. The largest absolute Gasteiger partial charge is 0.479 e. The van der Waals surface area contributed by atoms with Gasteiger partial charge in [0, 0.05) is 25.7 Å². The maximum absolute atomic E-state index is 13.7. The maximum atomic E-state index is 13.7. The van der Waals surface area contributed by atoms with E-state index in [0.717, 1.165) is 0 Å². The molecule has 0 spiro atoms. The third-order valence-corrected chi connectivity index (χ3v) is 5.20. The van der Waals surface area contributed by atoms with Gasteiger partial charge in [0.15, 0.2) is 23.1 Å². The van der Waals surface area contributed by atoms with Crippen LogP contribution in [0.5, 0.6) is 5.75 Å². The zero-order valence-electron chi connectivity index (χ0n) is 18.4. The minimum absolute atomic E-state index is 0.0486. The molecule has 0 radical (unpaired) electrons. The summed E-state index contributed by atoms with van der Waals surface area (Å²) >= 11 is 0. The Bertz CT molecular complexity index is 1230. The first-order chi connectivity index (χ1) is 16.8. The van der Waals surface area contributed by atoms with Crippen LogP contribution in [0.25, 0.3) is 0 Å². The van der Waals surface area contributed by atoms with E-state index in [1.165, 1.54) is 23.0 Å². The Morgan fingerprint density at radius 1 is 1.11 bits per heavy atom. The number of ether oxygens (including phenoxy) is 2. The molecule has 35 heavy (non-hydrogen) atoms. The van der Waals surface area contributed by atoms with E-state index in [1.807, 2.05) is 0 Å². The van der Waals surface area contributed by atoms with Gasteiger partial charge in [-0.3, -0.25) is 14.3 Å². The van der Waals surface area contributed by atoms with Crippen molar-refractivity contribution in [1.82, 2.24) is 14.7 Å². The molecule has 2 amide bonds. The Hall–Kier alpha value is -3.87. The fourth-order valence-corrected chi connectivity index (χ4v) is 3.44. The van der Waals surface area contributed by atoms with E-state index < -0.39 is 41.5 Å². The van der Waals surface area contributed by atoms with Crippen molar-refractivity contribution in [1.29, 1.82) is 0 Å². The summed E-state index contributed by atoms with van der Waals surface area (Å²) in [5.41, 5.74) is 0.360. The number of nitrogens with zero attached hydrogens (tertiary/aromatic N) is 3. The van der Waals surface area contributed by atoms with Gasteiger partial charge in [0.05, 0.1) is 25.1 Å². The van der Waals surface area contributed by atoms with Crippen molar-refractivity contribution in [2.45, 2.75) is 20.1 Å². The summed E-state index contributed by atoms with van der Waals surface area (Å²) in [5, 5.41) is 6.70. The first kappa shape index (κ1) is 24.3. The quantitative estimate of drug-likeness (QED) is 0.398. The molecule has 1 N–H and O–H groups in total. The van der Waals surface area contributed by atoms with Gasteiger partial charge in [-0.1, -0.05) is 0 Å². The van der Waals surface area contributed by atoms with Crippen LogP contribution in [0.15, 0.2) is 28.8 Å². The maximum Gasteiger partial charge on any atom is 0.291 e. The lowest BCUT2D eigenvalue weighted by Crippen LogP contribution is -2.41. The average Bonchev–Trinajstić information content (AvgIpc) is 3.50. The highest BCUT2D eigenvalue weighted by Crippen LogP contribution is 2.27. The molecular weight excluding hydrogens is 476 g/mol. The van der Waals surface area contributed by atoms with E-state index in [-0.39, 0.29) is 34.9 Å². The van der Waals surface area contributed by atoms with Gasteiger partial charge >= 0.3 is 0 Å². The number of anilines is 1. The zero-order valence-corrected chi connectivity index (χ0v) is 18.4. The molecule has 4 rings (SSSR count). The fraction of sp³-hybridized carbons (Fsp3) is 0.318. The Labute approximate surface area is 196 Å². The molecule has 1 aromatic carbocycles. The van der Waals surface area contributed by atoms with Crippen molar-refractivity contribution in [3.63, 3.8) is 0 Å². The monoisotopic (exact) mass is 496 g/mol. The van der Waals surface area contributed by atoms with Gasteiger partial charge in [0.25, 0.3) is 11.8 Å². The summed E-state index contributed by atoms with van der Waals surface area (Å²) < 4.78 is 71.0. The highest BCUT2D eigenvalue weighted by molar-refractivity contribution is 6.07. The summed E-state index contributed by atoms with van der Waals surface area (Å²) in [4.78, 5) is 27.3. The van der Waals surface area contributed by atoms with Crippen molar-refractivity contribution in [2.75, 3.05) is 31.6 Å². The van der Waals surface area contributed by atoms with Crippen LogP contribution in [-0.4, -0.2) is 52.8 Å². The average molecular weight is 496 g/mol. The second-order valence-corrected chi connectivity index (χ2v) is 7.43.